The molecule has 0 saturated carbocycles. The molecular formula is C15H15ClN2O2. The highest BCUT2D eigenvalue weighted by Crippen LogP contribution is 2.19. The summed E-state index contributed by atoms with van der Waals surface area (Å²) in [5.41, 5.74) is 2.53. The Kier molecular flexibility index (Phi) is 4.58. The van der Waals surface area contributed by atoms with Gasteiger partial charge in [0.2, 0.25) is 0 Å². The van der Waals surface area contributed by atoms with Crippen molar-refractivity contribution < 1.29 is 9.53 Å². The number of aromatic nitrogens is 1. The normalized spacial score (nSPS) is 10.2. The number of ether oxygens (including phenoxy) is 1. The van der Waals surface area contributed by atoms with Crippen molar-refractivity contribution in [2.24, 2.45) is 0 Å². The van der Waals surface area contributed by atoms with Crippen LogP contribution in [0, 0.1) is 13.8 Å². The van der Waals surface area contributed by atoms with Gasteiger partial charge in [-0.15, -0.1) is 0 Å². The third-order valence-corrected chi connectivity index (χ3v) is 2.95. The van der Waals surface area contributed by atoms with Crippen molar-refractivity contribution in [3.8, 4) is 5.75 Å². The summed E-state index contributed by atoms with van der Waals surface area (Å²) in [5, 5.41) is 3.42. The van der Waals surface area contributed by atoms with Crippen molar-refractivity contribution in [1.29, 1.82) is 0 Å². The minimum atomic E-state index is -0.226. The molecule has 0 bridgehead atoms. The van der Waals surface area contributed by atoms with Gasteiger partial charge in [-0.3, -0.25) is 9.78 Å². The van der Waals surface area contributed by atoms with Crippen LogP contribution in [0.25, 0.3) is 0 Å². The summed E-state index contributed by atoms with van der Waals surface area (Å²) >= 11 is 5.86. The molecule has 104 valence electrons. The zero-order chi connectivity index (χ0) is 14.5. The van der Waals surface area contributed by atoms with Gasteiger partial charge in [-0.25, -0.2) is 0 Å². The van der Waals surface area contributed by atoms with Crippen LogP contribution < -0.4 is 10.1 Å². The Morgan fingerprint density at radius 1 is 1.30 bits per heavy atom. The molecule has 1 aromatic carbocycles. The van der Waals surface area contributed by atoms with E-state index in [1.54, 1.807) is 30.5 Å². The number of hydrogen-bond donors (Lipinski definition) is 1. The quantitative estimate of drug-likeness (QED) is 0.939. The minimum absolute atomic E-state index is 0.0627. The SMILES string of the molecule is Cc1ccc(OCC(=O)Nc2ccc(Cl)cc2C)cn1. The molecule has 4 nitrogen and oxygen atoms in total. The molecule has 20 heavy (non-hydrogen) atoms. The summed E-state index contributed by atoms with van der Waals surface area (Å²) in [6.07, 6.45) is 1.59. The van der Waals surface area contributed by atoms with Gasteiger partial charge >= 0.3 is 0 Å². The Bertz CT molecular complexity index is 612. The molecule has 2 rings (SSSR count). The predicted molar refractivity (Wildman–Crippen MR) is 79.3 cm³/mol. The summed E-state index contributed by atoms with van der Waals surface area (Å²) in [6, 6.07) is 8.90. The molecule has 0 aliphatic carbocycles. The second-order valence-corrected chi connectivity index (χ2v) is 4.87. The van der Waals surface area contributed by atoms with Crippen molar-refractivity contribution in [1.82, 2.24) is 4.98 Å². The molecular weight excluding hydrogens is 276 g/mol. The van der Waals surface area contributed by atoms with E-state index in [-0.39, 0.29) is 12.5 Å². The lowest BCUT2D eigenvalue weighted by molar-refractivity contribution is -0.118. The third kappa shape index (κ3) is 3.96. The van der Waals surface area contributed by atoms with Gasteiger partial charge in [0.05, 0.1) is 6.20 Å². The smallest absolute Gasteiger partial charge is 0.262 e. The zero-order valence-corrected chi connectivity index (χ0v) is 12.1. The minimum Gasteiger partial charge on any atom is -0.482 e. The molecule has 0 aliphatic rings. The highest BCUT2D eigenvalue weighted by atomic mass is 35.5. The molecule has 0 fully saturated rings. The van der Waals surface area contributed by atoms with Crippen molar-refractivity contribution in [3.05, 3.63) is 52.8 Å². The summed E-state index contributed by atoms with van der Waals surface area (Å²) < 4.78 is 5.36. The number of halogens is 1. The maximum atomic E-state index is 11.8. The molecule has 1 heterocycles. The summed E-state index contributed by atoms with van der Waals surface area (Å²) in [7, 11) is 0. The first-order valence-corrected chi connectivity index (χ1v) is 6.54. The number of benzene rings is 1. The van der Waals surface area contributed by atoms with Crippen LogP contribution in [0.15, 0.2) is 36.5 Å². The van der Waals surface area contributed by atoms with E-state index in [0.29, 0.717) is 10.8 Å². The van der Waals surface area contributed by atoms with Crippen LogP contribution in [-0.4, -0.2) is 17.5 Å². The third-order valence-electron chi connectivity index (χ3n) is 2.72. The molecule has 2 aromatic rings. The molecule has 0 atom stereocenters. The summed E-state index contributed by atoms with van der Waals surface area (Å²) in [5.74, 6) is 0.342. The number of aryl methyl sites for hydroxylation is 2. The maximum absolute atomic E-state index is 11.8. The Morgan fingerprint density at radius 3 is 2.75 bits per heavy atom. The van der Waals surface area contributed by atoms with Crippen molar-refractivity contribution in [2.75, 3.05) is 11.9 Å². The number of amides is 1. The number of hydrogen-bond acceptors (Lipinski definition) is 3. The van der Waals surface area contributed by atoms with Gasteiger partial charge in [0.25, 0.3) is 5.91 Å². The number of nitrogens with one attached hydrogen (secondary N) is 1. The Hall–Kier alpha value is -2.07. The molecule has 1 N–H and O–H groups in total. The molecule has 0 unspecified atom stereocenters. The fraction of sp³-hybridized carbons (Fsp3) is 0.200. The van der Waals surface area contributed by atoms with E-state index in [0.717, 1.165) is 16.9 Å². The van der Waals surface area contributed by atoms with Gasteiger partial charge in [-0.05, 0) is 49.7 Å². The van der Waals surface area contributed by atoms with E-state index in [1.807, 2.05) is 19.9 Å². The monoisotopic (exact) mass is 290 g/mol. The van der Waals surface area contributed by atoms with E-state index in [1.165, 1.54) is 0 Å². The molecule has 5 heteroatoms. The number of nitrogens with zero attached hydrogens (tertiary/aromatic N) is 1. The number of carbonyl (C=O) groups is 1. The summed E-state index contributed by atoms with van der Waals surface area (Å²) in [4.78, 5) is 15.9. The maximum Gasteiger partial charge on any atom is 0.262 e. The molecule has 0 radical (unpaired) electrons. The fourth-order valence-electron chi connectivity index (χ4n) is 1.64. The lowest BCUT2D eigenvalue weighted by Crippen LogP contribution is -2.20. The van der Waals surface area contributed by atoms with E-state index in [4.69, 9.17) is 16.3 Å². The highest BCUT2D eigenvalue weighted by molar-refractivity contribution is 6.30. The fourth-order valence-corrected chi connectivity index (χ4v) is 1.87. The lowest BCUT2D eigenvalue weighted by Gasteiger charge is -2.09. The van der Waals surface area contributed by atoms with Crippen LogP contribution in [0.3, 0.4) is 0 Å². The van der Waals surface area contributed by atoms with Crippen molar-refractivity contribution in [2.45, 2.75) is 13.8 Å². The van der Waals surface area contributed by atoms with Gasteiger partial charge < -0.3 is 10.1 Å². The highest BCUT2D eigenvalue weighted by Gasteiger charge is 2.06. The van der Waals surface area contributed by atoms with E-state index in [9.17, 15) is 4.79 Å². The topological polar surface area (TPSA) is 51.2 Å². The van der Waals surface area contributed by atoms with Gasteiger partial charge in [-0.1, -0.05) is 11.6 Å². The van der Waals surface area contributed by atoms with Crippen LogP contribution >= 0.6 is 11.6 Å². The van der Waals surface area contributed by atoms with Crippen LogP contribution in [0.1, 0.15) is 11.3 Å². The standard InChI is InChI=1S/C15H15ClN2O2/c1-10-7-12(16)4-6-14(10)18-15(19)9-20-13-5-3-11(2)17-8-13/h3-8H,9H2,1-2H3,(H,18,19). The van der Waals surface area contributed by atoms with E-state index >= 15 is 0 Å². The largest absolute Gasteiger partial charge is 0.482 e. The van der Waals surface area contributed by atoms with Crippen LogP contribution in [0.2, 0.25) is 5.02 Å². The van der Waals surface area contributed by atoms with Crippen LogP contribution in [-0.2, 0) is 4.79 Å². The van der Waals surface area contributed by atoms with E-state index in [2.05, 4.69) is 10.3 Å². The first-order chi connectivity index (χ1) is 9.54. The Balaban J connectivity index is 1.90. The number of rotatable bonds is 4. The van der Waals surface area contributed by atoms with Gasteiger partial charge in [0.1, 0.15) is 5.75 Å². The molecule has 0 saturated heterocycles. The van der Waals surface area contributed by atoms with Crippen molar-refractivity contribution in [3.63, 3.8) is 0 Å². The van der Waals surface area contributed by atoms with Crippen molar-refractivity contribution >= 4 is 23.2 Å². The van der Waals surface area contributed by atoms with Gasteiger partial charge in [-0.2, -0.15) is 0 Å². The molecule has 1 aromatic heterocycles. The van der Waals surface area contributed by atoms with Gasteiger partial charge in [0.15, 0.2) is 6.61 Å². The number of carbonyl (C=O) groups excluding carboxylic acids is 1. The van der Waals surface area contributed by atoms with Crippen LogP contribution in [0.5, 0.6) is 5.75 Å². The molecule has 1 amide bonds. The molecule has 0 spiro atoms. The lowest BCUT2D eigenvalue weighted by atomic mass is 10.2. The van der Waals surface area contributed by atoms with E-state index < -0.39 is 0 Å². The predicted octanol–water partition coefficient (Wildman–Crippen LogP) is 3.37. The molecule has 0 aliphatic heterocycles. The Labute approximate surface area is 122 Å². The first kappa shape index (κ1) is 14.3. The van der Waals surface area contributed by atoms with Crippen LogP contribution in [0.4, 0.5) is 5.69 Å². The number of anilines is 1. The zero-order valence-electron chi connectivity index (χ0n) is 11.3. The Morgan fingerprint density at radius 2 is 2.10 bits per heavy atom. The van der Waals surface area contributed by atoms with Gasteiger partial charge in [0, 0.05) is 16.4 Å². The second-order valence-electron chi connectivity index (χ2n) is 4.43. The second kappa shape index (κ2) is 6.39. The first-order valence-electron chi connectivity index (χ1n) is 6.16. The average molecular weight is 291 g/mol. The summed E-state index contributed by atoms with van der Waals surface area (Å²) in [6.45, 7) is 3.71. The average Bonchev–Trinajstić information content (AvgIpc) is 2.41. The number of pyridine rings is 1.